The number of methoxy groups -OCH3 is 1. The van der Waals surface area contributed by atoms with Crippen LogP contribution in [0.5, 0.6) is 5.75 Å². The Morgan fingerprint density at radius 2 is 2.08 bits per heavy atom. The highest BCUT2D eigenvalue weighted by atomic mass is 16.6. The number of benzene rings is 2. The van der Waals surface area contributed by atoms with Gasteiger partial charge in [0.2, 0.25) is 0 Å². The SMILES string of the molecule is CCN1C(=O)OCc2cc3[nH]c(-c4ccc(OC)cc4)nc3cc21. The molecule has 0 atom stereocenters. The number of ether oxygens (including phenoxy) is 2. The Hall–Kier alpha value is -3.02. The molecular weight excluding hydrogens is 306 g/mol. The number of fused-ring (bicyclic) bond motifs is 2. The molecule has 0 saturated heterocycles. The van der Waals surface area contributed by atoms with Crippen LogP contribution >= 0.6 is 0 Å². The first-order chi connectivity index (χ1) is 11.7. The third-order valence-electron chi connectivity index (χ3n) is 4.22. The molecule has 0 bridgehead atoms. The van der Waals surface area contributed by atoms with Crippen LogP contribution in [0.3, 0.4) is 0 Å². The van der Waals surface area contributed by atoms with Crippen LogP contribution in [-0.2, 0) is 11.3 Å². The Kier molecular flexibility index (Phi) is 3.37. The second-order valence-electron chi connectivity index (χ2n) is 5.61. The first kappa shape index (κ1) is 14.6. The fourth-order valence-electron chi connectivity index (χ4n) is 2.96. The van der Waals surface area contributed by atoms with E-state index in [0.717, 1.165) is 39.4 Å². The number of amides is 1. The predicted molar refractivity (Wildman–Crippen MR) is 91.3 cm³/mol. The lowest BCUT2D eigenvalue weighted by molar-refractivity contribution is 0.142. The van der Waals surface area contributed by atoms with Crippen molar-refractivity contribution in [1.29, 1.82) is 0 Å². The van der Waals surface area contributed by atoms with E-state index in [9.17, 15) is 4.79 Å². The van der Waals surface area contributed by atoms with Crippen molar-refractivity contribution in [3.63, 3.8) is 0 Å². The van der Waals surface area contributed by atoms with Gasteiger partial charge in [-0.3, -0.25) is 4.90 Å². The molecule has 122 valence electrons. The average Bonchev–Trinajstić information content (AvgIpc) is 3.03. The highest BCUT2D eigenvalue weighted by Crippen LogP contribution is 2.32. The van der Waals surface area contributed by atoms with Crippen molar-refractivity contribution in [1.82, 2.24) is 9.97 Å². The summed E-state index contributed by atoms with van der Waals surface area (Å²) in [6, 6.07) is 11.7. The number of aromatic nitrogens is 2. The molecule has 2 aromatic carbocycles. The number of nitrogens with one attached hydrogen (secondary N) is 1. The van der Waals surface area contributed by atoms with Crippen LogP contribution in [-0.4, -0.2) is 29.7 Å². The summed E-state index contributed by atoms with van der Waals surface area (Å²) in [5, 5.41) is 0. The van der Waals surface area contributed by atoms with Gasteiger partial charge >= 0.3 is 6.09 Å². The first-order valence-corrected chi connectivity index (χ1v) is 7.81. The summed E-state index contributed by atoms with van der Waals surface area (Å²) < 4.78 is 10.4. The topological polar surface area (TPSA) is 67.5 Å². The zero-order valence-electron chi connectivity index (χ0n) is 13.5. The number of hydrogen-bond donors (Lipinski definition) is 1. The highest BCUT2D eigenvalue weighted by molar-refractivity contribution is 5.94. The molecule has 24 heavy (non-hydrogen) atoms. The van der Waals surface area contributed by atoms with E-state index in [1.54, 1.807) is 12.0 Å². The van der Waals surface area contributed by atoms with E-state index < -0.39 is 0 Å². The Morgan fingerprint density at radius 3 is 2.79 bits per heavy atom. The van der Waals surface area contributed by atoms with Crippen molar-refractivity contribution >= 4 is 22.8 Å². The highest BCUT2D eigenvalue weighted by Gasteiger charge is 2.25. The molecule has 1 amide bonds. The minimum absolute atomic E-state index is 0.289. The van der Waals surface area contributed by atoms with Crippen molar-refractivity contribution in [2.75, 3.05) is 18.6 Å². The number of hydrogen-bond acceptors (Lipinski definition) is 4. The lowest BCUT2D eigenvalue weighted by Gasteiger charge is -2.27. The summed E-state index contributed by atoms with van der Waals surface area (Å²) in [7, 11) is 1.64. The van der Waals surface area contributed by atoms with Crippen LogP contribution in [0.2, 0.25) is 0 Å². The molecule has 0 radical (unpaired) electrons. The largest absolute Gasteiger partial charge is 0.497 e. The molecular formula is C18H17N3O3. The number of anilines is 1. The maximum absolute atomic E-state index is 11.9. The summed E-state index contributed by atoms with van der Waals surface area (Å²) >= 11 is 0. The fourth-order valence-corrected chi connectivity index (χ4v) is 2.96. The molecule has 6 nitrogen and oxygen atoms in total. The van der Waals surface area contributed by atoms with E-state index in [0.29, 0.717) is 6.54 Å². The van der Waals surface area contributed by atoms with Gasteiger partial charge in [-0.15, -0.1) is 0 Å². The number of nitrogens with zero attached hydrogens (tertiary/aromatic N) is 2. The summed E-state index contributed by atoms with van der Waals surface area (Å²) in [5.74, 6) is 1.59. The van der Waals surface area contributed by atoms with E-state index >= 15 is 0 Å². The number of rotatable bonds is 3. The van der Waals surface area contributed by atoms with Crippen molar-refractivity contribution < 1.29 is 14.3 Å². The number of aromatic amines is 1. The van der Waals surface area contributed by atoms with Crippen molar-refractivity contribution in [3.8, 4) is 17.1 Å². The molecule has 3 aromatic rings. The standard InChI is InChI=1S/C18H17N3O3/c1-3-21-16-9-15-14(8-12(16)10-24-18(21)22)19-17(20-15)11-4-6-13(23-2)7-5-11/h4-9H,3,10H2,1-2H3,(H,19,20). The predicted octanol–water partition coefficient (Wildman–Crippen LogP) is 3.72. The Labute approximate surface area is 139 Å². The number of carbonyl (C=O) groups is 1. The van der Waals surface area contributed by atoms with Crippen molar-refractivity contribution in [2.45, 2.75) is 13.5 Å². The molecule has 1 aliphatic rings. The molecule has 1 aliphatic heterocycles. The van der Waals surface area contributed by atoms with Crippen LogP contribution in [0.1, 0.15) is 12.5 Å². The van der Waals surface area contributed by atoms with Crippen molar-refractivity contribution in [3.05, 3.63) is 42.0 Å². The number of H-pyrrole nitrogens is 1. The lowest BCUT2D eigenvalue weighted by atomic mass is 10.1. The normalized spacial score (nSPS) is 13.8. The summed E-state index contributed by atoms with van der Waals surface area (Å²) in [5.41, 5.74) is 4.58. The molecule has 4 rings (SSSR count). The van der Waals surface area contributed by atoms with E-state index in [2.05, 4.69) is 9.97 Å². The van der Waals surface area contributed by atoms with E-state index in [1.807, 2.05) is 43.3 Å². The fraction of sp³-hybridized carbons (Fsp3) is 0.222. The smallest absolute Gasteiger partial charge is 0.414 e. The van der Waals surface area contributed by atoms with Crippen LogP contribution in [0, 0.1) is 0 Å². The molecule has 1 N–H and O–H groups in total. The maximum atomic E-state index is 11.9. The minimum Gasteiger partial charge on any atom is -0.497 e. The van der Waals surface area contributed by atoms with Gasteiger partial charge in [0.15, 0.2) is 0 Å². The Morgan fingerprint density at radius 1 is 1.29 bits per heavy atom. The van der Waals surface area contributed by atoms with E-state index in [4.69, 9.17) is 9.47 Å². The summed E-state index contributed by atoms with van der Waals surface area (Å²) in [6.45, 7) is 2.78. The molecule has 2 heterocycles. The van der Waals surface area contributed by atoms with E-state index in [1.165, 1.54) is 0 Å². The lowest BCUT2D eigenvalue weighted by Crippen LogP contribution is -2.35. The molecule has 0 saturated carbocycles. The molecule has 0 fully saturated rings. The van der Waals surface area contributed by atoms with Crippen LogP contribution in [0.25, 0.3) is 22.4 Å². The number of imidazole rings is 1. The zero-order valence-corrected chi connectivity index (χ0v) is 13.5. The van der Waals surface area contributed by atoms with Gasteiger partial charge < -0.3 is 14.5 Å². The zero-order chi connectivity index (χ0) is 16.7. The third kappa shape index (κ3) is 2.27. The second kappa shape index (κ2) is 5.56. The van der Waals surface area contributed by atoms with Gasteiger partial charge in [0.05, 0.1) is 23.8 Å². The monoisotopic (exact) mass is 323 g/mol. The van der Waals surface area contributed by atoms with Gasteiger partial charge in [-0.25, -0.2) is 9.78 Å². The summed E-state index contributed by atoms with van der Waals surface area (Å²) in [4.78, 5) is 21.5. The minimum atomic E-state index is -0.310. The van der Waals surface area contributed by atoms with Gasteiger partial charge in [-0.05, 0) is 43.3 Å². The third-order valence-corrected chi connectivity index (χ3v) is 4.22. The summed E-state index contributed by atoms with van der Waals surface area (Å²) in [6.07, 6.45) is -0.310. The molecule has 0 aliphatic carbocycles. The van der Waals surface area contributed by atoms with Gasteiger partial charge in [0.25, 0.3) is 0 Å². The van der Waals surface area contributed by atoms with E-state index in [-0.39, 0.29) is 12.7 Å². The number of cyclic esters (lactones) is 1. The van der Waals surface area contributed by atoms with Crippen LogP contribution in [0.15, 0.2) is 36.4 Å². The Bertz CT molecular complexity index is 915. The maximum Gasteiger partial charge on any atom is 0.414 e. The Balaban J connectivity index is 1.79. The van der Waals surface area contributed by atoms with Crippen LogP contribution < -0.4 is 9.64 Å². The van der Waals surface area contributed by atoms with Crippen molar-refractivity contribution in [2.24, 2.45) is 0 Å². The van der Waals surface area contributed by atoms with Gasteiger partial charge in [-0.2, -0.15) is 0 Å². The van der Waals surface area contributed by atoms with Gasteiger partial charge in [0.1, 0.15) is 18.2 Å². The van der Waals surface area contributed by atoms with Crippen LogP contribution in [0.4, 0.5) is 10.5 Å². The molecule has 6 heteroatoms. The molecule has 0 unspecified atom stereocenters. The second-order valence-corrected chi connectivity index (χ2v) is 5.61. The quantitative estimate of drug-likeness (QED) is 0.798. The average molecular weight is 323 g/mol. The van der Waals surface area contributed by atoms with Gasteiger partial charge in [-0.1, -0.05) is 0 Å². The number of carbonyl (C=O) groups excluding carboxylic acids is 1. The van der Waals surface area contributed by atoms with Gasteiger partial charge in [0, 0.05) is 17.7 Å². The first-order valence-electron chi connectivity index (χ1n) is 7.81. The molecule has 1 aromatic heterocycles. The molecule has 0 spiro atoms.